The molecule has 1 atom stereocenters. The number of H-pyrrole nitrogens is 1. The van der Waals surface area contributed by atoms with Gasteiger partial charge in [0, 0.05) is 17.9 Å². The van der Waals surface area contributed by atoms with Crippen LogP contribution in [0.15, 0.2) is 53.4 Å². The highest BCUT2D eigenvalue weighted by Crippen LogP contribution is 2.36. The predicted octanol–water partition coefficient (Wildman–Crippen LogP) is 2.94. The van der Waals surface area contributed by atoms with Crippen LogP contribution in [0.25, 0.3) is 11.0 Å². The largest absolute Gasteiger partial charge is 0.355 e. The molecule has 2 heterocycles. The lowest BCUT2D eigenvalue weighted by molar-refractivity contribution is -0.120. The molecule has 1 unspecified atom stereocenters. The number of benzene rings is 2. The molecule has 116 valence electrons. The third-order valence-corrected chi connectivity index (χ3v) is 5.36. The number of imidazole rings is 1. The van der Waals surface area contributed by atoms with Crippen LogP contribution in [0.2, 0.25) is 0 Å². The van der Waals surface area contributed by atoms with Crippen molar-refractivity contribution in [2.24, 2.45) is 0 Å². The highest BCUT2D eigenvalue weighted by molar-refractivity contribution is 8.01. The maximum Gasteiger partial charge on any atom is 0.233 e. The highest BCUT2D eigenvalue weighted by Gasteiger charge is 2.27. The molecule has 1 aliphatic rings. The van der Waals surface area contributed by atoms with Gasteiger partial charge in [-0.05, 0) is 30.2 Å². The van der Waals surface area contributed by atoms with E-state index in [9.17, 15) is 4.79 Å². The second-order valence-corrected chi connectivity index (χ2v) is 6.90. The molecule has 0 radical (unpaired) electrons. The number of amides is 1. The minimum Gasteiger partial charge on any atom is -0.355 e. The molecule has 0 bridgehead atoms. The molecule has 1 aliphatic heterocycles. The highest BCUT2D eigenvalue weighted by atomic mass is 32.2. The number of hydrogen-bond donors (Lipinski definition) is 2. The number of para-hydroxylation sites is 2. The van der Waals surface area contributed by atoms with E-state index in [0.29, 0.717) is 13.0 Å². The van der Waals surface area contributed by atoms with Crippen LogP contribution in [0.4, 0.5) is 0 Å². The van der Waals surface area contributed by atoms with Crippen molar-refractivity contribution in [2.45, 2.75) is 23.0 Å². The monoisotopic (exact) mass is 323 g/mol. The van der Waals surface area contributed by atoms with Crippen molar-refractivity contribution in [2.75, 3.05) is 6.54 Å². The van der Waals surface area contributed by atoms with E-state index < -0.39 is 0 Å². The summed E-state index contributed by atoms with van der Waals surface area (Å²) in [6.07, 6.45) is 1.53. The Morgan fingerprint density at radius 2 is 2.04 bits per heavy atom. The van der Waals surface area contributed by atoms with Crippen LogP contribution in [0.5, 0.6) is 0 Å². The van der Waals surface area contributed by atoms with Crippen molar-refractivity contribution in [1.82, 2.24) is 15.3 Å². The molecular weight excluding hydrogens is 306 g/mol. The third-order valence-electron chi connectivity index (χ3n) is 4.04. The molecule has 0 saturated carbocycles. The van der Waals surface area contributed by atoms with Crippen LogP contribution < -0.4 is 5.32 Å². The molecule has 2 aromatic carbocycles. The molecule has 1 aromatic heterocycles. The minimum absolute atomic E-state index is 0.0110. The number of carbonyl (C=O) groups excluding carboxylic acids is 1. The number of hydrogen-bond acceptors (Lipinski definition) is 3. The van der Waals surface area contributed by atoms with Gasteiger partial charge in [-0.1, -0.05) is 30.3 Å². The fourth-order valence-electron chi connectivity index (χ4n) is 2.87. The average Bonchev–Trinajstić information content (AvgIpc) is 3.18. The first-order valence-corrected chi connectivity index (χ1v) is 8.63. The van der Waals surface area contributed by atoms with Gasteiger partial charge in [-0.2, -0.15) is 0 Å². The summed E-state index contributed by atoms with van der Waals surface area (Å²) in [6.45, 7) is 0.603. The van der Waals surface area contributed by atoms with Crippen LogP contribution in [-0.2, 0) is 17.6 Å². The van der Waals surface area contributed by atoms with E-state index in [1.165, 1.54) is 10.5 Å². The summed E-state index contributed by atoms with van der Waals surface area (Å²) in [6, 6.07) is 16.2. The average molecular weight is 323 g/mol. The topological polar surface area (TPSA) is 57.8 Å². The lowest BCUT2D eigenvalue weighted by atomic mass is 10.1. The molecule has 0 fully saturated rings. The Hall–Kier alpha value is -2.27. The van der Waals surface area contributed by atoms with Gasteiger partial charge in [-0.25, -0.2) is 4.98 Å². The quantitative estimate of drug-likeness (QED) is 0.776. The van der Waals surface area contributed by atoms with Gasteiger partial charge in [0.1, 0.15) is 5.82 Å². The number of carbonyl (C=O) groups is 1. The summed E-state index contributed by atoms with van der Waals surface area (Å²) in [5.41, 5.74) is 3.28. The molecule has 1 amide bonds. The molecule has 0 aliphatic carbocycles. The van der Waals surface area contributed by atoms with E-state index >= 15 is 0 Å². The first kappa shape index (κ1) is 14.3. The first-order chi connectivity index (χ1) is 11.3. The second-order valence-electron chi connectivity index (χ2n) is 5.66. The van der Waals surface area contributed by atoms with Gasteiger partial charge < -0.3 is 10.3 Å². The van der Waals surface area contributed by atoms with Gasteiger partial charge in [-0.3, -0.25) is 4.79 Å². The molecule has 23 heavy (non-hydrogen) atoms. The Morgan fingerprint density at radius 1 is 1.22 bits per heavy atom. The standard InChI is InChI=1S/C18H17N3OS/c22-18(16-11-12-5-1-4-8-15(12)23-16)19-10-9-17-20-13-6-2-3-7-14(13)21-17/h1-8,16H,9-11H2,(H,19,22)(H,20,21). The summed E-state index contributed by atoms with van der Waals surface area (Å²) in [5.74, 6) is 1.02. The number of nitrogens with zero attached hydrogens (tertiary/aromatic N) is 1. The van der Waals surface area contributed by atoms with Crippen LogP contribution >= 0.6 is 11.8 Å². The fourth-order valence-corrected chi connectivity index (χ4v) is 4.09. The molecule has 4 rings (SSSR count). The zero-order valence-corrected chi connectivity index (χ0v) is 13.4. The van der Waals surface area contributed by atoms with Crippen molar-refractivity contribution in [1.29, 1.82) is 0 Å². The maximum absolute atomic E-state index is 12.3. The number of thioether (sulfide) groups is 1. The molecular formula is C18H17N3OS. The van der Waals surface area contributed by atoms with E-state index in [-0.39, 0.29) is 11.2 Å². The number of rotatable bonds is 4. The number of aromatic amines is 1. The zero-order chi connectivity index (χ0) is 15.6. The third kappa shape index (κ3) is 2.97. The zero-order valence-electron chi connectivity index (χ0n) is 12.6. The van der Waals surface area contributed by atoms with Gasteiger partial charge >= 0.3 is 0 Å². The molecule has 4 nitrogen and oxygen atoms in total. The van der Waals surface area contributed by atoms with Gasteiger partial charge in [-0.15, -0.1) is 11.8 Å². The van der Waals surface area contributed by atoms with Gasteiger partial charge in [0.15, 0.2) is 0 Å². The molecule has 5 heteroatoms. The number of aromatic nitrogens is 2. The Kier molecular flexibility index (Phi) is 3.79. The lowest BCUT2D eigenvalue weighted by Crippen LogP contribution is -2.34. The molecule has 0 saturated heterocycles. The Labute approximate surface area is 138 Å². The Balaban J connectivity index is 1.32. The van der Waals surface area contributed by atoms with E-state index in [4.69, 9.17) is 0 Å². The number of fused-ring (bicyclic) bond motifs is 2. The second kappa shape index (κ2) is 6.08. The minimum atomic E-state index is -0.0110. The molecule has 3 aromatic rings. The van der Waals surface area contributed by atoms with Crippen molar-refractivity contribution in [3.63, 3.8) is 0 Å². The van der Waals surface area contributed by atoms with Crippen molar-refractivity contribution in [3.8, 4) is 0 Å². The summed E-state index contributed by atoms with van der Waals surface area (Å²) in [4.78, 5) is 21.4. The normalized spacial score (nSPS) is 16.4. The van der Waals surface area contributed by atoms with Crippen LogP contribution in [-0.4, -0.2) is 27.7 Å². The van der Waals surface area contributed by atoms with E-state index in [0.717, 1.165) is 23.3 Å². The lowest BCUT2D eigenvalue weighted by Gasteiger charge is -2.09. The summed E-state index contributed by atoms with van der Waals surface area (Å²) in [7, 11) is 0. The van der Waals surface area contributed by atoms with Crippen LogP contribution in [0.1, 0.15) is 11.4 Å². The van der Waals surface area contributed by atoms with E-state index in [2.05, 4.69) is 27.4 Å². The Morgan fingerprint density at radius 3 is 2.91 bits per heavy atom. The van der Waals surface area contributed by atoms with E-state index in [1.807, 2.05) is 36.4 Å². The van der Waals surface area contributed by atoms with Crippen molar-refractivity contribution >= 4 is 28.7 Å². The number of nitrogens with one attached hydrogen (secondary N) is 2. The van der Waals surface area contributed by atoms with Gasteiger partial charge in [0.2, 0.25) is 5.91 Å². The summed E-state index contributed by atoms with van der Waals surface area (Å²) < 4.78 is 0. The van der Waals surface area contributed by atoms with E-state index in [1.54, 1.807) is 11.8 Å². The SMILES string of the molecule is O=C(NCCc1nc2ccccc2[nH]1)C1Cc2ccccc2S1. The van der Waals surface area contributed by atoms with Crippen molar-refractivity contribution < 1.29 is 4.79 Å². The van der Waals surface area contributed by atoms with Gasteiger partial charge in [0.05, 0.1) is 16.3 Å². The van der Waals surface area contributed by atoms with Crippen LogP contribution in [0, 0.1) is 0 Å². The first-order valence-electron chi connectivity index (χ1n) is 7.75. The fraction of sp³-hybridized carbons (Fsp3) is 0.222. The predicted molar refractivity (Wildman–Crippen MR) is 92.6 cm³/mol. The summed E-state index contributed by atoms with van der Waals surface area (Å²) in [5, 5.41) is 3.02. The Bertz CT molecular complexity index is 800. The summed E-state index contributed by atoms with van der Waals surface area (Å²) >= 11 is 1.66. The smallest absolute Gasteiger partial charge is 0.233 e. The maximum atomic E-state index is 12.3. The van der Waals surface area contributed by atoms with Crippen LogP contribution in [0.3, 0.4) is 0 Å². The molecule has 2 N–H and O–H groups in total. The van der Waals surface area contributed by atoms with Crippen molar-refractivity contribution in [3.05, 3.63) is 59.9 Å². The molecule has 0 spiro atoms. The van der Waals surface area contributed by atoms with Gasteiger partial charge in [0.25, 0.3) is 0 Å².